The highest BCUT2D eigenvalue weighted by Crippen LogP contribution is 2.32. The van der Waals surface area contributed by atoms with Gasteiger partial charge < -0.3 is 30.4 Å². The van der Waals surface area contributed by atoms with Crippen LogP contribution in [0.2, 0.25) is 0 Å². The molecular weight excluding hydrogens is 613 g/mol. The Kier molecular flexibility index (Phi) is 11.0. The largest absolute Gasteiger partial charge is 0.385 e. The third kappa shape index (κ3) is 7.52. The predicted molar refractivity (Wildman–Crippen MR) is 216 cm³/mol. The van der Waals surface area contributed by atoms with Gasteiger partial charge in [0, 0.05) is 94.3 Å². The molecule has 7 rings (SSSR count). The van der Waals surface area contributed by atoms with E-state index < -0.39 is 0 Å². The predicted octanol–water partition coefficient (Wildman–Crippen LogP) is 9.91. The quantitative estimate of drug-likeness (QED) is 0.0690. The summed E-state index contributed by atoms with van der Waals surface area (Å²) in [5.41, 5.74) is 10.4. The number of nitrogens with zero attached hydrogens (tertiary/aromatic N) is 2. The van der Waals surface area contributed by atoms with E-state index in [1.54, 1.807) is 0 Å². The van der Waals surface area contributed by atoms with E-state index in [1.165, 1.54) is 66.1 Å². The highest BCUT2D eigenvalue weighted by atomic mass is 15.0. The van der Waals surface area contributed by atoms with Gasteiger partial charge >= 0.3 is 0 Å². The van der Waals surface area contributed by atoms with Crippen LogP contribution in [0.15, 0.2) is 109 Å². The SMILES string of the molecule is CCn1c2ccccc2c2cc(NCCCCNCc3cccc(CNCCCCNc4ccc5c(c4)c4ccccc4n5CC)c3)ccc21. The van der Waals surface area contributed by atoms with Crippen molar-refractivity contribution in [1.29, 1.82) is 0 Å². The van der Waals surface area contributed by atoms with E-state index in [1.807, 2.05) is 0 Å². The van der Waals surface area contributed by atoms with E-state index in [0.717, 1.165) is 78.0 Å². The summed E-state index contributed by atoms with van der Waals surface area (Å²) in [6.07, 6.45) is 4.58. The average Bonchev–Trinajstić information content (AvgIpc) is 3.65. The van der Waals surface area contributed by atoms with E-state index in [4.69, 9.17) is 0 Å². The van der Waals surface area contributed by atoms with Crippen LogP contribution in [0, 0.1) is 0 Å². The highest BCUT2D eigenvalue weighted by Gasteiger charge is 2.11. The molecule has 5 aromatic carbocycles. The minimum absolute atomic E-state index is 0.913. The molecule has 0 radical (unpaired) electrons. The molecule has 0 spiro atoms. The molecule has 2 aromatic heterocycles. The van der Waals surface area contributed by atoms with Gasteiger partial charge in [0.25, 0.3) is 0 Å². The Morgan fingerprint density at radius 2 is 0.860 bits per heavy atom. The van der Waals surface area contributed by atoms with Crippen LogP contribution in [0.4, 0.5) is 11.4 Å². The molecule has 7 aromatic rings. The van der Waals surface area contributed by atoms with E-state index in [2.05, 4.69) is 153 Å². The molecule has 0 atom stereocenters. The topological polar surface area (TPSA) is 58.0 Å². The first kappa shape index (κ1) is 33.7. The molecule has 0 unspecified atom stereocenters. The molecule has 0 fully saturated rings. The van der Waals surface area contributed by atoms with Crippen LogP contribution >= 0.6 is 0 Å². The zero-order valence-corrected chi connectivity index (χ0v) is 29.8. The minimum Gasteiger partial charge on any atom is -0.385 e. The first-order chi connectivity index (χ1) is 24.7. The maximum Gasteiger partial charge on any atom is 0.0492 e. The van der Waals surface area contributed by atoms with Crippen molar-refractivity contribution < 1.29 is 0 Å². The Balaban J connectivity index is 0.770. The Morgan fingerprint density at radius 3 is 1.34 bits per heavy atom. The van der Waals surface area contributed by atoms with E-state index in [0.29, 0.717) is 0 Å². The molecule has 0 aliphatic heterocycles. The van der Waals surface area contributed by atoms with Crippen molar-refractivity contribution in [3.8, 4) is 0 Å². The van der Waals surface area contributed by atoms with Crippen molar-refractivity contribution in [1.82, 2.24) is 19.8 Å². The molecular formula is C44H52N6. The summed E-state index contributed by atoms with van der Waals surface area (Å²) in [6, 6.07) is 40.0. The lowest BCUT2D eigenvalue weighted by atomic mass is 10.1. The van der Waals surface area contributed by atoms with Crippen LogP contribution in [0.25, 0.3) is 43.6 Å². The number of hydrogen-bond donors (Lipinski definition) is 4. The molecule has 6 nitrogen and oxygen atoms in total. The van der Waals surface area contributed by atoms with Gasteiger partial charge in [0.1, 0.15) is 0 Å². The number of benzene rings is 5. The summed E-state index contributed by atoms with van der Waals surface area (Å²) in [6.45, 7) is 12.2. The van der Waals surface area contributed by atoms with E-state index in [-0.39, 0.29) is 0 Å². The summed E-state index contributed by atoms with van der Waals surface area (Å²) in [7, 11) is 0. The van der Waals surface area contributed by atoms with Crippen LogP contribution < -0.4 is 21.3 Å². The Hall–Kier alpha value is -4.78. The number of para-hydroxylation sites is 2. The Bertz CT molecular complexity index is 2020. The lowest BCUT2D eigenvalue weighted by Gasteiger charge is -2.10. The molecule has 0 bridgehead atoms. The fourth-order valence-electron chi connectivity index (χ4n) is 7.54. The van der Waals surface area contributed by atoms with E-state index >= 15 is 0 Å². The van der Waals surface area contributed by atoms with Crippen LogP contribution in [0.5, 0.6) is 0 Å². The van der Waals surface area contributed by atoms with Gasteiger partial charge in [-0.3, -0.25) is 0 Å². The monoisotopic (exact) mass is 664 g/mol. The van der Waals surface area contributed by atoms with Crippen LogP contribution in [-0.4, -0.2) is 35.3 Å². The first-order valence-corrected chi connectivity index (χ1v) is 18.7. The summed E-state index contributed by atoms with van der Waals surface area (Å²) >= 11 is 0. The highest BCUT2D eigenvalue weighted by molar-refractivity contribution is 6.10. The zero-order valence-electron chi connectivity index (χ0n) is 29.8. The fourth-order valence-corrected chi connectivity index (χ4v) is 7.54. The lowest BCUT2D eigenvalue weighted by Crippen LogP contribution is -2.17. The molecule has 0 aliphatic rings. The molecule has 6 heteroatoms. The normalized spacial score (nSPS) is 11.7. The minimum atomic E-state index is 0.913. The van der Waals surface area contributed by atoms with Gasteiger partial charge in [-0.2, -0.15) is 0 Å². The summed E-state index contributed by atoms with van der Waals surface area (Å²) in [4.78, 5) is 0. The van der Waals surface area contributed by atoms with Gasteiger partial charge in [-0.05, 0) is 112 Å². The Labute approximate surface area is 296 Å². The smallest absolute Gasteiger partial charge is 0.0492 e. The number of aromatic nitrogens is 2. The maximum absolute atomic E-state index is 3.65. The van der Waals surface area contributed by atoms with Gasteiger partial charge in [0.05, 0.1) is 0 Å². The standard InChI is InChI=1S/C44H52N6/c1-3-49-41-18-7-5-16-37(41)39-29-35(20-22-43(39)49)47-26-11-9-24-45-31-33-14-13-15-34(28-33)32-46-25-10-12-27-48-36-21-23-44-40(30-36)38-17-6-8-19-42(38)50(44)4-2/h5-8,13-23,28-30,45-48H,3-4,9-12,24-27,31-32H2,1-2H3. The number of nitrogens with one attached hydrogen (secondary N) is 4. The van der Waals surface area contributed by atoms with Gasteiger partial charge in [-0.1, -0.05) is 60.7 Å². The van der Waals surface area contributed by atoms with Gasteiger partial charge in [-0.15, -0.1) is 0 Å². The number of rotatable bonds is 18. The number of anilines is 2. The summed E-state index contributed by atoms with van der Waals surface area (Å²) in [5.74, 6) is 0. The van der Waals surface area contributed by atoms with Crippen molar-refractivity contribution in [3.63, 3.8) is 0 Å². The molecule has 0 aliphatic carbocycles. The van der Waals surface area contributed by atoms with Crippen molar-refractivity contribution in [2.24, 2.45) is 0 Å². The van der Waals surface area contributed by atoms with Crippen LogP contribution in [-0.2, 0) is 26.2 Å². The van der Waals surface area contributed by atoms with Crippen LogP contribution in [0.3, 0.4) is 0 Å². The van der Waals surface area contributed by atoms with E-state index in [9.17, 15) is 0 Å². The molecule has 0 saturated heterocycles. The molecule has 258 valence electrons. The van der Waals surface area contributed by atoms with Gasteiger partial charge in [0.15, 0.2) is 0 Å². The van der Waals surface area contributed by atoms with Crippen LogP contribution in [0.1, 0.15) is 50.7 Å². The first-order valence-electron chi connectivity index (χ1n) is 18.7. The number of fused-ring (bicyclic) bond motifs is 6. The zero-order chi connectivity index (χ0) is 34.1. The molecule has 0 saturated carbocycles. The van der Waals surface area contributed by atoms with Crippen molar-refractivity contribution >= 4 is 55.0 Å². The third-order valence-corrected chi connectivity index (χ3v) is 10.0. The summed E-state index contributed by atoms with van der Waals surface area (Å²) < 4.78 is 4.81. The second-order valence-corrected chi connectivity index (χ2v) is 13.4. The van der Waals surface area contributed by atoms with Gasteiger partial charge in [0.2, 0.25) is 0 Å². The number of hydrogen-bond acceptors (Lipinski definition) is 4. The van der Waals surface area contributed by atoms with Crippen molar-refractivity contribution in [2.45, 2.75) is 65.7 Å². The average molecular weight is 665 g/mol. The number of unbranched alkanes of at least 4 members (excludes halogenated alkanes) is 2. The lowest BCUT2D eigenvalue weighted by molar-refractivity contribution is 0.626. The number of aryl methyl sites for hydroxylation is 2. The Morgan fingerprint density at radius 1 is 0.420 bits per heavy atom. The van der Waals surface area contributed by atoms with Gasteiger partial charge in [-0.25, -0.2) is 0 Å². The van der Waals surface area contributed by atoms with Crippen molar-refractivity contribution in [3.05, 3.63) is 120 Å². The molecule has 4 N–H and O–H groups in total. The fraction of sp³-hybridized carbons (Fsp3) is 0.318. The maximum atomic E-state index is 3.65. The third-order valence-electron chi connectivity index (χ3n) is 10.0. The molecule has 2 heterocycles. The van der Waals surface area contributed by atoms with Crippen molar-refractivity contribution in [2.75, 3.05) is 36.8 Å². The second kappa shape index (κ2) is 16.3. The summed E-state index contributed by atoms with van der Waals surface area (Å²) in [5, 5.41) is 19.9. The second-order valence-electron chi connectivity index (χ2n) is 13.4. The molecule has 50 heavy (non-hydrogen) atoms. The molecule has 0 amide bonds.